The summed E-state index contributed by atoms with van der Waals surface area (Å²) in [5, 5.41) is 8.73. The predicted molar refractivity (Wildman–Crippen MR) is 74.3 cm³/mol. The Balaban J connectivity index is 0. The number of rotatable bonds is 7. The van der Waals surface area contributed by atoms with Gasteiger partial charge in [0.25, 0.3) is 11.8 Å². The highest BCUT2D eigenvalue weighted by molar-refractivity contribution is 5.82. The molecule has 0 heterocycles. The molecule has 0 saturated heterocycles. The molecule has 1 atom stereocenters. The largest absolute Gasteiger partial charge is 0.466 e. The molecule has 1 N–H and O–H groups in total. The summed E-state index contributed by atoms with van der Waals surface area (Å²) in [6, 6.07) is 0. The molecule has 23 heavy (non-hydrogen) atoms. The molecule has 0 radical (unpaired) electrons. The van der Waals surface area contributed by atoms with E-state index in [1.54, 1.807) is 13.8 Å². The minimum absolute atomic E-state index is 0.126. The van der Waals surface area contributed by atoms with Gasteiger partial charge >= 0.3 is 11.9 Å². The highest BCUT2D eigenvalue weighted by Crippen LogP contribution is 2.19. The van der Waals surface area contributed by atoms with Crippen molar-refractivity contribution in [1.82, 2.24) is 0 Å². The summed E-state index contributed by atoms with van der Waals surface area (Å²) in [4.78, 5) is 21.0. The lowest BCUT2D eigenvalue weighted by atomic mass is 10.1. The van der Waals surface area contributed by atoms with E-state index in [2.05, 4.69) is 9.47 Å². The average molecular weight is 346 g/mol. The molecule has 0 rings (SSSR count). The molecule has 1 unspecified atom stereocenters. The number of aliphatic hydroxyl groups excluding tert-OH is 1. The Kier molecular flexibility index (Phi) is 11.3. The number of allylic oxidation sites excluding steroid dienone is 1. The first-order valence-electron chi connectivity index (χ1n) is 6.78. The van der Waals surface area contributed by atoms with Crippen LogP contribution in [0.4, 0.5) is 17.6 Å². The van der Waals surface area contributed by atoms with Crippen molar-refractivity contribution >= 4 is 11.9 Å². The number of alkyl halides is 4. The monoisotopic (exact) mass is 346 g/mol. The highest BCUT2D eigenvalue weighted by Gasteiger charge is 2.34. The van der Waals surface area contributed by atoms with Crippen LogP contribution in [0.3, 0.4) is 0 Å². The molecule has 9 heteroatoms. The molecule has 0 amide bonds. The predicted octanol–water partition coefficient (Wildman–Crippen LogP) is 2.72. The molecule has 5 nitrogen and oxygen atoms in total. The Bertz CT molecular complexity index is 386. The van der Waals surface area contributed by atoms with Gasteiger partial charge in [0.1, 0.15) is 6.10 Å². The molecule has 0 aliphatic carbocycles. The first kappa shape index (κ1) is 23.6. The summed E-state index contributed by atoms with van der Waals surface area (Å²) < 4.78 is 57.3. The molecule has 0 aromatic carbocycles. The topological polar surface area (TPSA) is 72.8 Å². The summed E-state index contributed by atoms with van der Waals surface area (Å²) >= 11 is 0. The van der Waals surface area contributed by atoms with Crippen LogP contribution in [0.25, 0.3) is 0 Å². The van der Waals surface area contributed by atoms with Crippen LogP contribution in [0.2, 0.25) is 0 Å². The Morgan fingerprint density at radius 3 is 1.91 bits per heavy atom. The van der Waals surface area contributed by atoms with Crippen molar-refractivity contribution in [2.75, 3.05) is 13.2 Å². The van der Waals surface area contributed by atoms with Gasteiger partial charge in [-0.05, 0) is 19.9 Å². The van der Waals surface area contributed by atoms with Gasteiger partial charge in [-0.2, -0.15) is 0 Å². The van der Waals surface area contributed by atoms with Crippen LogP contribution in [0.15, 0.2) is 12.2 Å². The summed E-state index contributed by atoms with van der Waals surface area (Å²) in [5.74, 6) is -7.76. The number of aliphatic hydroxyl groups is 1. The Morgan fingerprint density at radius 2 is 1.57 bits per heavy atom. The van der Waals surface area contributed by atoms with E-state index >= 15 is 0 Å². The van der Waals surface area contributed by atoms with E-state index in [1.807, 2.05) is 0 Å². The minimum Gasteiger partial charge on any atom is -0.466 e. The standard InChI is InChI=1S/C7H12F2O3.C7H10F2O2/c1-3-12-6(11)4-5(10)7(2,8)9;1-3-11-6(10)4-5-7(2,8)9/h5,10H,3-4H2,1-2H3;4-5H,3H2,1-2H3/b;5-4+. The van der Waals surface area contributed by atoms with Gasteiger partial charge in [-0.15, -0.1) is 0 Å². The fourth-order valence-electron chi connectivity index (χ4n) is 0.962. The number of carbonyl (C=O) groups excluding carboxylic acids is 2. The number of ether oxygens (including phenoxy) is 2. The lowest BCUT2D eigenvalue weighted by Gasteiger charge is -2.16. The van der Waals surface area contributed by atoms with E-state index in [1.165, 1.54) is 0 Å². The average Bonchev–Trinajstić information content (AvgIpc) is 2.36. The van der Waals surface area contributed by atoms with Crippen LogP contribution in [0.5, 0.6) is 0 Å². The summed E-state index contributed by atoms with van der Waals surface area (Å²) in [7, 11) is 0. The second kappa shape index (κ2) is 11.0. The van der Waals surface area contributed by atoms with Crippen LogP contribution < -0.4 is 0 Å². The van der Waals surface area contributed by atoms with Gasteiger partial charge in [0.15, 0.2) is 0 Å². The van der Waals surface area contributed by atoms with E-state index in [4.69, 9.17) is 5.11 Å². The highest BCUT2D eigenvalue weighted by atomic mass is 19.3. The molecular formula is C14H22F4O5. The van der Waals surface area contributed by atoms with Gasteiger partial charge in [-0.3, -0.25) is 4.79 Å². The maximum atomic E-state index is 12.3. The Hall–Kier alpha value is -1.64. The number of carbonyl (C=O) groups is 2. The van der Waals surface area contributed by atoms with Crippen molar-refractivity contribution in [3.8, 4) is 0 Å². The quantitative estimate of drug-likeness (QED) is 0.436. The zero-order valence-electron chi connectivity index (χ0n) is 13.4. The van der Waals surface area contributed by atoms with Crippen molar-refractivity contribution < 1.29 is 41.7 Å². The third kappa shape index (κ3) is 16.6. The molecule has 0 spiro atoms. The van der Waals surface area contributed by atoms with Crippen LogP contribution in [0.1, 0.15) is 34.1 Å². The van der Waals surface area contributed by atoms with Gasteiger partial charge in [0.05, 0.1) is 19.6 Å². The van der Waals surface area contributed by atoms with Crippen molar-refractivity contribution in [3.63, 3.8) is 0 Å². The normalized spacial score (nSPS) is 13.1. The van der Waals surface area contributed by atoms with Gasteiger partial charge in [-0.25, -0.2) is 22.4 Å². The Morgan fingerprint density at radius 1 is 1.09 bits per heavy atom. The van der Waals surface area contributed by atoms with Gasteiger partial charge in [0.2, 0.25) is 0 Å². The van der Waals surface area contributed by atoms with Crippen molar-refractivity contribution in [2.24, 2.45) is 0 Å². The second-order valence-corrected chi connectivity index (χ2v) is 4.52. The number of halogens is 4. The molecule has 0 aromatic rings. The fraction of sp³-hybridized carbons (Fsp3) is 0.714. The van der Waals surface area contributed by atoms with E-state index < -0.39 is 36.3 Å². The van der Waals surface area contributed by atoms with Crippen LogP contribution in [-0.2, 0) is 19.1 Å². The van der Waals surface area contributed by atoms with Gasteiger partial charge in [-0.1, -0.05) is 0 Å². The van der Waals surface area contributed by atoms with Crippen LogP contribution in [-0.4, -0.2) is 48.2 Å². The third-order valence-corrected chi connectivity index (χ3v) is 2.05. The van der Waals surface area contributed by atoms with Crippen molar-refractivity contribution in [3.05, 3.63) is 12.2 Å². The summed E-state index contributed by atoms with van der Waals surface area (Å²) in [6.07, 6.45) is -1.40. The van der Waals surface area contributed by atoms with E-state index in [9.17, 15) is 27.2 Å². The molecule has 0 fully saturated rings. The molecular weight excluding hydrogens is 324 g/mol. The van der Waals surface area contributed by atoms with Crippen LogP contribution in [0, 0.1) is 0 Å². The van der Waals surface area contributed by atoms with Crippen LogP contribution >= 0.6 is 0 Å². The molecule has 0 saturated carbocycles. The van der Waals surface area contributed by atoms with Crippen molar-refractivity contribution in [1.29, 1.82) is 0 Å². The molecule has 0 aromatic heterocycles. The van der Waals surface area contributed by atoms with Crippen molar-refractivity contribution in [2.45, 2.75) is 52.1 Å². The maximum Gasteiger partial charge on any atom is 0.330 e. The SMILES string of the molecule is CCOC(=O)/C=C/C(C)(F)F.CCOC(=O)CC(O)C(C)(F)F. The first-order valence-corrected chi connectivity index (χ1v) is 6.78. The lowest BCUT2D eigenvalue weighted by Crippen LogP contribution is -2.32. The summed E-state index contributed by atoms with van der Waals surface area (Å²) in [6.45, 7) is 4.74. The smallest absolute Gasteiger partial charge is 0.330 e. The minimum atomic E-state index is -3.26. The van der Waals surface area contributed by atoms with Gasteiger partial charge < -0.3 is 14.6 Å². The van der Waals surface area contributed by atoms with E-state index in [-0.39, 0.29) is 13.2 Å². The fourth-order valence-corrected chi connectivity index (χ4v) is 0.962. The number of hydrogen-bond donors (Lipinski definition) is 1. The van der Waals surface area contributed by atoms with E-state index in [0.29, 0.717) is 19.9 Å². The van der Waals surface area contributed by atoms with Gasteiger partial charge in [0, 0.05) is 19.9 Å². The second-order valence-electron chi connectivity index (χ2n) is 4.52. The van der Waals surface area contributed by atoms with E-state index in [0.717, 1.165) is 6.08 Å². The zero-order chi connectivity index (χ0) is 18.7. The number of esters is 2. The molecule has 0 bridgehead atoms. The first-order chi connectivity index (χ1) is 10.3. The Labute approximate surface area is 132 Å². The maximum absolute atomic E-state index is 12.3. The zero-order valence-corrected chi connectivity index (χ0v) is 13.4. The summed E-state index contributed by atoms with van der Waals surface area (Å²) in [5.41, 5.74) is 0. The molecule has 136 valence electrons. The third-order valence-electron chi connectivity index (χ3n) is 2.05. The lowest BCUT2D eigenvalue weighted by molar-refractivity contribution is -0.154. The molecule has 0 aliphatic rings. The molecule has 0 aliphatic heterocycles. The number of hydrogen-bond acceptors (Lipinski definition) is 5.